The average molecular weight is 289 g/mol. The van der Waals surface area contributed by atoms with Gasteiger partial charge in [0.15, 0.2) is 0 Å². The van der Waals surface area contributed by atoms with Gasteiger partial charge < -0.3 is 20.3 Å². The molecule has 2 saturated heterocycles. The van der Waals surface area contributed by atoms with E-state index in [2.05, 4.69) is 21.6 Å². The molecule has 2 fully saturated rings. The standard InChI is InChI=1S/C16H23N3O2/c1-16(11-17-12-16)21-10-15(20)18-13-5-4-6-14(9-13)19-7-2-3-8-19/h4-6,9,17H,2-3,7-8,10-12H2,1H3,(H,18,20). The first-order valence-electron chi connectivity index (χ1n) is 7.64. The highest BCUT2D eigenvalue weighted by Crippen LogP contribution is 2.23. The van der Waals surface area contributed by atoms with Crippen LogP contribution in [-0.4, -0.2) is 44.3 Å². The Morgan fingerprint density at radius 2 is 2.14 bits per heavy atom. The highest BCUT2D eigenvalue weighted by Gasteiger charge is 2.33. The van der Waals surface area contributed by atoms with E-state index >= 15 is 0 Å². The van der Waals surface area contributed by atoms with Crippen molar-refractivity contribution in [1.82, 2.24) is 5.32 Å². The van der Waals surface area contributed by atoms with E-state index in [0.29, 0.717) is 0 Å². The number of amides is 1. The van der Waals surface area contributed by atoms with Gasteiger partial charge in [-0.3, -0.25) is 4.79 Å². The van der Waals surface area contributed by atoms with Crippen molar-refractivity contribution in [3.63, 3.8) is 0 Å². The Labute approximate surface area is 125 Å². The third kappa shape index (κ3) is 3.54. The zero-order valence-electron chi connectivity index (χ0n) is 12.5. The van der Waals surface area contributed by atoms with Crippen molar-refractivity contribution in [2.75, 3.05) is 43.0 Å². The fourth-order valence-corrected chi connectivity index (χ4v) is 2.77. The average Bonchev–Trinajstić information content (AvgIpc) is 2.97. The molecule has 5 heteroatoms. The molecule has 0 unspecified atom stereocenters. The third-order valence-corrected chi connectivity index (χ3v) is 4.15. The molecule has 0 aromatic heterocycles. The molecule has 0 aliphatic carbocycles. The lowest BCUT2D eigenvalue weighted by molar-refractivity contribution is -0.130. The minimum absolute atomic E-state index is 0.0957. The van der Waals surface area contributed by atoms with E-state index in [1.807, 2.05) is 25.1 Å². The van der Waals surface area contributed by atoms with Crippen LogP contribution in [0.4, 0.5) is 11.4 Å². The molecule has 5 nitrogen and oxygen atoms in total. The topological polar surface area (TPSA) is 53.6 Å². The van der Waals surface area contributed by atoms with Crippen molar-refractivity contribution < 1.29 is 9.53 Å². The van der Waals surface area contributed by atoms with Crippen molar-refractivity contribution in [2.24, 2.45) is 0 Å². The molecule has 1 aromatic rings. The molecule has 0 spiro atoms. The predicted octanol–water partition coefficient (Wildman–Crippen LogP) is 1.60. The lowest BCUT2D eigenvalue weighted by Gasteiger charge is -2.38. The van der Waals surface area contributed by atoms with Crippen molar-refractivity contribution >= 4 is 17.3 Å². The van der Waals surface area contributed by atoms with E-state index in [9.17, 15) is 4.79 Å². The second-order valence-electron chi connectivity index (χ2n) is 6.13. The second kappa shape index (κ2) is 6.03. The Kier molecular flexibility index (Phi) is 4.12. The fraction of sp³-hybridized carbons (Fsp3) is 0.562. The van der Waals surface area contributed by atoms with Gasteiger partial charge >= 0.3 is 0 Å². The molecule has 2 aliphatic rings. The highest BCUT2D eigenvalue weighted by molar-refractivity contribution is 5.92. The SMILES string of the molecule is CC1(OCC(=O)Nc2cccc(N3CCCC3)c2)CNC1. The molecule has 0 radical (unpaired) electrons. The Bertz CT molecular complexity index is 508. The first-order valence-corrected chi connectivity index (χ1v) is 7.64. The quantitative estimate of drug-likeness (QED) is 0.864. The summed E-state index contributed by atoms with van der Waals surface area (Å²) in [5.74, 6) is -0.0957. The monoisotopic (exact) mass is 289 g/mol. The van der Waals surface area contributed by atoms with Gasteiger partial charge in [0, 0.05) is 37.6 Å². The number of benzene rings is 1. The highest BCUT2D eigenvalue weighted by atomic mass is 16.5. The molecule has 21 heavy (non-hydrogen) atoms. The van der Waals surface area contributed by atoms with Crippen molar-refractivity contribution in [3.05, 3.63) is 24.3 Å². The van der Waals surface area contributed by atoms with Gasteiger partial charge in [0.2, 0.25) is 5.91 Å². The Balaban J connectivity index is 1.54. The van der Waals surface area contributed by atoms with E-state index in [1.54, 1.807) is 0 Å². The molecule has 1 amide bonds. The molecule has 0 atom stereocenters. The van der Waals surface area contributed by atoms with Crippen LogP contribution in [0.3, 0.4) is 0 Å². The number of ether oxygens (including phenoxy) is 1. The lowest BCUT2D eigenvalue weighted by Crippen LogP contribution is -2.59. The molecular weight excluding hydrogens is 266 g/mol. The maximum atomic E-state index is 12.0. The summed E-state index contributed by atoms with van der Waals surface area (Å²) < 4.78 is 5.64. The molecule has 0 saturated carbocycles. The Morgan fingerprint density at radius 1 is 1.38 bits per heavy atom. The van der Waals surface area contributed by atoms with Gasteiger partial charge in [-0.2, -0.15) is 0 Å². The van der Waals surface area contributed by atoms with Crippen LogP contribution in [0.25, 0.3) is 0 Å². The molecule has 3 rings (SSSR count). The molecule has 2 aliphatic heterocycles. The summed E-state index contributed by atoms with van der Waals surface area (Å²) in [5.41, 5.74) is 1.83. The van der Waals surface area contributed by atoms with Crippen LogP contribution in [0.1, 0.15) is 19.8 Å². The van der Waals surface area contributed by atoms with Gasteiger partial charge in [-0.05, 0) is 38.0 Å². The molecule has 1 aromatic carbocycles. The number of anilines is 2. The summed E-state index contributed by atoms with van der Waals surface area (Å²) >= 11 is 0. The number of carbonyl (C=O) groups excluding carboxylic acids is 1. The lowest BCUT2D eigenvalue weighted by atomic mass is 10.0. The zero-order chi connectivity index (χ0) is 14.7. The van der Waals surface area contributed by atoms with Crippen molar-refractivity contribution in [2.45, 2.75) is 25.4 Å². The first-order chi connectivity index (χ1) is 10.1. The minimum atomic E-state index is -0.186. The van der Waals surface area contributed by atoms with Gasteiger partial charge in [0.25, 0.3) is 0 Å². The Morgan fingerprint density at radius 3 is 2.81 bits per heavy atom. The van der Waals surface area contributed by atoms with Gasteiger partial charge in [-0.25, -0.2) is 0 Å². The van der Waals surface area contributed by atoms with E-state index in [0.717, 1.165) is 31.9 Å². The zero-order valence-corrected chi connectivity index (χ0v) is 12.5. The smallest absolute Gasteiger partial charge is 0.250 e. The van der Waals surface area contributed by atoms with Crippen LogP contribution < -0.4 is 15.5 Å². The number of hydrogen-bond acceptors (Lipinski definition) is 4. The molecule has 114 valence electrons. The minimum Gasteiger partial charge on any atom is -0.371 e. The van der Waals surface area contributed by atoms with Gasteiger partial charge in [0.1, 0.15) is 6.61 Å². The van der Waals surface area contributed by atoms with Crippen LogP contribution in [0.15, 0.2) is 24.3 Å². The number of rotatable bonds is 5. The predicted molar refractivity (Wildman–Crippen MR) is 83.7 cm³/mol. The summed E-state index contributed by atoms with van der Waals surface area (Å²) in [7, 11) is 0. The summed E-state index contributed by atoms with van der Waals surface area (Å²) in [4.78, 5) is 14.3. The number of carbonyl (C=O) groups is 1. The van der Waals surface area contributed by atoms with Crippen molar-refractivity contribution in [3.8, 4) is 0 Å². The maximum Gasteiger partial charge on any atom is 0.250 e. The summed E-state index contributed by atoms with van der Waals surface area (Å²) in [6.07, 6.45) is 2.49. The normalized spacial score (nSPS) is 20.1. The van der Waals surface area contributed by atoms with Crippen molar-refractivity contribution in [1.29, 1.82) is 0 Å². The van der Waals surface area contributed by atoms with Gasteiger partial charge in [0.05, 0.1) is 5.60 Å². The second-order valence-corrected chi connectivity index (χ2v) is 6.13. The van der Waals surface area contributed by atoms with E-state index < -0.39 is 0 Å². The summed E-state index contributed by atoms with van der Waals surface area (Å²) in [6, 6.07) is 8.04. The Hall–Kier alpha value is -1.59. The van der Waals surface area contributed by atoms with E-state index in [1.165, 1.54) is 18.5 Å². The third-order valence-electron chi connectivity index (χ3n) is 4.15. The van der Waals surface area contributed by atoms with Crippen LogP contribution >= 0.6 is 0 Å². The largest absolute Gasteiger partial charge is 0.371 e. The fourth-order valence-electron chi connectivity index (χ4n) is 2.77. The molecule has 0 bridgehead atoms. The summed E-state index contributed by atoms with van der Waals surface area (Å²) in [5, 5.41) is 6.07. The molecule has 2 heterocycles. The van der Waals surface area contributed by atoms with Crippen LogP contribution in [0.5, 0.6) is 0 Å². The van der Waals surface area contributed by atoms with Crippen LogP contribution in [0, 0.1) is 0 Å². The summed E-state index contributed by atoms with van der Waals surface area (Å²) in [6.45, 7) is 5.95. The first kappa shape index (κ1) is 14.4. The van der Waals surface area contributed by atoms with Crippen LogP contribution in [0.2, 0.25) is 0 Å². The molecular formula is C16H23N3O2. The van der Waals surface area contributed by atoms with Gasteiger partial charge in [-0.15, -0.1) is 0 Å². The van der Waals surface area contributed by atoms with E-state index in [4.69, 9.17) is 4.74 Å². The molecule has 2 N–H and O–H groups in total. The maximum absolute atomic E-state index is 12.0. The number of hydrogen-bond donors (Lipinski definition) is 2. The van der Waals surface area contributed by atoms with E-state index in [-0.39, 0.29) is 18.1 Å². The number of nitrogens with zero attached hydrogens (tertiary/aromatic N) is 1. The van der Waals surface area contributed by atoms with Gasteiger partial charge in [-0.1, -0.05) is 6.07 Å². The van der Waals surface area contributed by atoms with Crippen LogP contribution in [-0.2, 0) is 9.53 Å². The number of nitrogens with one attached hydrogen (secondary N) is 2.